The number of hydrogen-bond donors (Lipinski definition) is 2. The molecule has 1 aliphatic heterocycles. The Morgan fingerprint density at radius 2 is 1.80 bits per heavy atom. The molecule has 116 valence electrons. The maximum absolute atomic E-state index is 12.0. The summed E-state index contributed by atoms with van der Waals surface area (Å²) >= 11 is 0. The number of piperidine rings is 1. The molecule has 1 aliphatic carbocycles. The van der Waals surface area contributed by atoms with Crippen LogP contribution in [0.3, 0.4) is 0 Å². The van der Waals surface area contributed by atoms with Crippen molar-refractivity contribution < 1.29 is 4.79 Å². The molecule has 1 heterocycles. The van der Waals surface area contributed by atoms with Gasteiger partial charge in [0.1, 0.15) is 0 Å². The normalized spacial score (nSPS) is 23.1. The molecule has 1 amide bonds. The van der Waals surface area contributed by atoms with Gasteiger partial charge >= 0.3 is 0 Å². The second kappa shape index (κ2) is 6.90. The lowest BCUT2D eigenvalue weighted by Gasteiger charge is -2.36. The van der Waals surface area contributed by atoms with Gasteiger partial charge in [-0.3, -0.25) is 4.79 Å². The number of carbonyl (C=O) groups is 1. The van der Waals surface area contributed by atoms with Crippen molar-refractivity contribution in [2.75, 3.05) is 19.6 Å². The minimum absolute atomic E-state index is 0.126. The second-order valence-corrected chi connectivity index (χ2v) is 7.46. The lowest BCUT2D eigenvalue weighted by molar-refractivity contribution is -0.123. The van der Waals surface area contributed by atoms with Crippen LogP contribution in [-0.4, -0.2) is 42.0 Å². The van der Waals surface area contributed by atoms with Gasteiger partial charge in [-0.05, 0) is 45.4 Å². The summed E-state index contributed by atoms with van der Waals surface area (Å²) in [5.74, 6) is 0.919. The summed E-state index contributed by atoms with van der Waals surface area (Å²) in [4.78, 5) is 14.4. The van der Waals surface area contributed by atoms with Crippen LogP contribution in [0, 0.1) is 5.92 Å². The van der Waals surface area contributed by atoms with Crippen molar-refractivity contribution in [1.29, 1.82) is 0 Å². The molecule has 3 N–H and O–H groups in total. The fourth-order valence-electron chi connectivity index (χ4n) is 3.57. The number of nitrogens with two attached hydrogens (primary N) is 1. The molecule has 1 saturated heterocycles. The molecule has 2 aliphatic rings. The fraction of sp³-hybridized carbons (Fsp3) is 0.938. The molecule has 0 aromatic rings. The van der Waals surface area contributed by atoms with E-state index in [0.29, 0.717) is 12.0 Å². The fourth-order valence-corrected chi connectivity index (χ4v) is 3.57. The third-order valence-electron chi connectivity index (χ3n) is 4.53. The highest BCUT2D eigenvalue weighted by atomic mass is 16.1. The largest absolute Gasteiger partial charge is 0.353 e. The molecule has 0 aromatic heterocycles. The van der Waals surface area contributed by atoms with Crippen molar-refractivity contribution in [3.63, 3.8) is 0 Å². The van der Waals surface area contributed by atoms with Crippen LogP contribution in [0.2, 0.25) is 0 Å². The Labute approximate surface area is 123 Å². The van der Waals surface area contributed by atoms with E-state index in [1.165, 1.54) is 25.7 Å². The topological polar surface area (TPSA) is 58.4 Å². The van der Waals surface area contributed by atoms with E-state index in [2.05, 4.69) is 24.1 Å². The van der Waals surface area contributed by atoms with Crippen molar-refractivity contribution in [2.24, 2.45) is 11.7 Å². The van der Waals surface area contributed by atoms with E-state index in [0.717, 1.165) is 38.9 Å². The van der Waals surface area contributed by atoms with Crippen LogP contribution in [0.15, 0.2) is 0 Å². The molecule has 1 saturated carbocycles. The molecule has 0 aromatic carbocycles. The van der Waals surface area contributed by atoms with Gasteiger partial charge in [0.05, 0.1) is 0 Å². The van der Waals surface area contributed by atoms with Crippen LogP contribution in [0.5, 0.6) is 0 Å². The molecule has 2 fully saturated rings. The first kappa shape index (κ1) is 15.8. The molecular weight excluding hydrogens is 250 g/mol. The predicted octanol–water partition coefficient (Wildman–Crippen LogP) is 1.88. The van der Waals surface area contributed by atoms with Gasteiger partial charge in [0.25, 0.3) is 0 Å². The van der Waals surface area contributed by atoms with Gasteiger partial charge in [0.2, 0.25) is 5.91 Å². The summed E-state index contributed by atoms with van der Waals surface area (Å²) in [6, 6.07) is 0.376. The van der Waals surface area contributed by atoms with Crippen LogP contribution >= 0.6 is 0 Å². The van der Waals surface area contributed by atoms with Gasteiger partial charge in [0.15, 0.2) is 0 Å². The Bertz CT molecular complexity index is 310. The predicted molar refractivity (Wildman–Crippen MR) is 82.4 cm³/mol. The number of likely N-dealkylation sites (tertiary alicyclic amines) is 1. The van der Waals surface area contributed by atoms with Gasteiger partial charge < -0.3 is 16.0 Å². The number of carbonyl (C=O) groups excluding carboxylic acids is 1. The molecule has 4 heteroatoms. The number of amides is 1. The number of rotatable bonds is 5. The van der Waals surface area contributed by atoms with Crippen molar-refractivity contribution >= 4 is 5.91 Å². The standard InChI is InChI=1S/C16H31N3O/c1-16(2,17)12-19-9-7-14(8-10-19)18-15(20)11-13-5-3-4-6-13/h13-14H,3-12,17H2,1-2H3,(H,18,20). The average molecular weight is 281 g/mol. The smallest absolute Gasteiger partial charge is 0.220 e. The number of nitrogens with zero attached hydrogens (tertiary/aromatic N) is 1. The van der Waals surface area contributed by atoms with E-state index < -0.39 is 0 Å². The summed E-state index contributed by atoms with van der Waals surface area (Å²) in [6.07, 6.45) is 7.99. The first-order valence-electron chi connectivity index (χ1n) is 8.23. The van der Waals surface area contributed by atoms with Crippen molar-refractivity contribution in [2.45, 2.75) is 70.4 Å². The van der Waals surface area contributed by atoms with E-state index >= 15 is 0 Å². The zero-order chi connectivity index (χ0) is 14.6. The second-order valence-electron chi connectivity index (χ2n) is 7.46. The molecule has 4 nitrogen and oxygen atoms in total. The molecule has 0 bridgehead atoms. The third-order valence-corrected chi connectivity index (χ3v) is 4.53. The highest BCUT2D eigenvalue weighted by Gasteiger charge is 2.25. The highest BCUT2D eigenvalue weighted by molar-refractivity contribution is 5.76. The van der Waals surface area contributed by atoms with Crippen molar-refractivity contribution in [3.8, 4) is 0 Å². The maximum Gasteiger partial charge on any atom is 0.220 e. The lowest BCUT2D eigenvalue weighted by Crippen LogP contribution is -2.51. The van der Waals surface area contributed by atoms with Crippen molar-refractivity contribution in [1.82, 2.24) is 10.2 Å². The van der Waals surface area contributed by atoms with E-state index in [9.17, 15) is 4.79 Å². The van der Waals surface area contributed by atoms with Crippen molar-refractivity contribution in [3.05, 3.63) is 0 Å². The van der Waals surface area contributed by atoms with E-state index in [1.807, 2.05) is 0 Å². The Balaban J connectivity index is 1.64. The Morgan fingerprint density at radius 1 is 1.20 bits per heavy atom. The Morgan fingerprint density at radius 3 is 2.35 bits per heavy atom. The third kappa shape index (κ3) is 5.41. The molecule has 2 rings (SSSR count). The molecule has 0 unspecified atom stereocenters. The zero-order valence-corrected chi connectivity index (χ0v) is 13.2. The number of hydrogen-bond acceptors (Lipinski definition) is 3. The quantitative estimate of drug-likeness (QED) is 0.809. The molecule has 20 heavy (non-hydrogen) atoms. The summed E-state index contributed by atoms with van der Waals surface area (Å²) in [5, 5.41) is 3.23. The van der Waals surface area contributed by atoms with Crippen LogP contribution in [0.25, 0.3) is 0 Å². The molecule has 0 atom stereocenters. The van der Waals surface area contributed by atoms with Gasteiger partial charge in [-0.2, -0.15) is 0 Å². The zero-order valence-electron chi connectivity index (χ0n) is 13.2. The van der Waals surface area contributed by atoms with E-state index in [-0.39, 0.29) is 11.4 Å². The average Bonchev–Trinajstić information content (AvgIpc) is 2.82. The molecule has 0 radical (unpaired) electrons. The number of nitrogens with one attached hydrogen (secondary N) is 1. The maximum atomic E-state index is 12.0. The summed E-state index contributed by atoms with van der Waals surface area (Å²) < 4.78 is 0. The Kier molecular flexibility index (Phi) is 5.44. The van der Waals surface area contributed by atoms with Crippen LogP contribution in [0.1, 0.15) is 58.8 Å². The monoisotopic (exact) mass is 281 g/mol. The molecular formula is C16H31N3O. The van der Waals surface area contributed by atoms with Crippen LogP contribution < -0.4 is 11.1 Å². The summed E-state index contributed by atoms with van der Waals surface area (Å²) in [7, 11) is 0. The summed E-state index contributed by atoms with van der Waals surface area (Å²) in [6.45, 7) is 7.19. The minimum Gasteiger partial charge on any atom is -0.353 e. The van der Waals surface area contributed by atoms with Gasteiger partial charge in [-0.15, -0.1) is 0 Å². The van der Waals surface area contributed by atoms with E-state index in [4.69, 9.17) is 5.73 Å². The van der Waals surface area contributed by atoms with Crippen LogP contribution in [0.4, 0.5) is 0 Å². The summed E-state index contributed by atoms with van der Waals surface area (Å²) in [5.41, 5.74) is 5.94. The molecule has 0 spiro atoms. The van der Waals surface area contributed by atoms with Crippen LogP contribution in [-0.2, 0) is 4.79 Å². The SMILES string of the molecule is CC(C)(N)CN1CCC(NC(=O)CC2CCCC2)CC1. The highest BCUT2D eigenvalue weighted by Crippen LogP contribution is 2.27. The first-order chi connectivity index (χ1) is 9.42. The van der Waals surface area contributed by atoms with Gasteiger partial charge in [0, 0.05) is 37.6 Å². The van der Waals surface area contributed by atoms with Gasteiger partial charge in [-0.1, -0.05) is 12.8 Å². The lowest BCUT2D eigenvalue weighted by atomic mass is 9.99. The van der Waals surface area contributed by atoms with E-state index in [1.54, 1.807) is 0 Å². The van der Waals surface area contributed by atoms with Gasteiger partial charge in [-0.25, -0.2) is 0 Å². The minimum atomic E-state index is -0.126. The first-order valence-corrected chi connectivity index (χ1v) is 8.23. The Hall–Kier alpha value is -0.610.